The number of pyridine rings is 1. The summed E-state index contributed by atoms with van der Waals surface area (Å²) in [6.45, 7) is -1.68. The van der Waals surface area contributed by atoms with Gasteiger partial charge in [0.25, 0.3) is 5.65 Å². The van der Waals surface area contributed by atoms with E-state index in [1.54, 1.807) is 6.20 Å². The van der Waals surface area contributed by atoms with Gasteiger partial charge in [-0.15, -0.1) is 0 Å². The predicted octanol–water partition coefficient (Wildman–Crippen LogP) is 3.83. The molecule has 6 rings (SSSR count). The molecule has 0 atom stereocenters. The summed E-state index contributed by atoms with van der Waals surface area (Å²) < 4.78 is 30.8. The summed E-state index contributed by atoms with van der Waals surface area (Å²) in [5.74, 6) is 0.723. The van der Waals surface area contributed by atoms with Crippen LogP contribution in [0.15, 0.2) is 73.1 Å². The molecule has 0 bridgehead atoms. The van der Waals surface area contributed by atoms with Crippen LogP contribution in [0.3, 0.4) is 0 Å². The molecular formula is C22H17N4+. The van der Waals surface area contributed by atoms with E-state index in [9.17, 15) is 0 Å². The van der Waals surface area contributed by atoms with Crippen molar-refractivity contribution in [3.63, 3.8) is 0 Å². The molecule has 0 saturated heterocycles. The Hall–Kier alpha value is -3.40. The lowest BCUT2D eigenvalue weighted by molar-refractivity contribution is -0.636. The molecule has 0 amide bonds. The first kappa shape index (κ1) is 11.3. The molecule has 3 aromatic heterocycles. The van der Waals surface area contributed by atoms with Crippen molar-refractivity contribution in [1.82, 2.24) is 14.1 Å². The number of nitrogens with zero attached hydrogens (tertiary/aromatic N) is 4. The van der Waals surface area contributed by atoms with Crippen molar-refractivity contribution in [2.75, 3.05) is 0 Å². The normalized spacial score (nSPS) is 14.8. The smallest absolute Gasteiger partial charge is 0.264 e. The van der Waals surface area contributed by atoms with Gasteiger partial charge in [0.15, 0.2) is 5.52 Å². The van der Waals surface area contributed by atoms with Crippen LogP contribution >= 0.6 is 0 Å². The number of aromatic nitrogens is 4. The van der Waals surface area contributed by atoms with E-state index in [0.29, 0.717) is 12.2 Å². The van der Waals surface area contributed by atoms with E-state index in [-0.39, 0.29) is 0 Å². The number of imidazole rings is 1. The topological polar surface area (TPSA) is 26.6 Å². The predicted molar refractivity (Wildman–Crippen MR) is 102 cm³/mol. The summed E-state index contributed by atoms with van der Waals surface area (Å²) in [7, 11) is 0. The van der Waals surface area contributed by atoms with Crippen molar-refractivity contribution in [2.24, 2.45) is 6.98 Å². The van der Waals surface area contributed by atoms with Gasteiger partial charge in [0.05, 0.1) is 28.6 Å². The maximum absolute atomic E-state index is 8.37. The molecule has 26 heavy (non-hydrogen) atoms. The summed E-state index contributed by atoms with van der Waals surface area (Å²) in [4.78, 5) is 4.34. The number of para-hydroxylation sites is 1. The quantitative estimate of drug-likeness (QED) is 0.418. The van der Waals surface area contributed by atoms with Crippen LogP contribution in [0.2, 0.25) is 0 Å². The second-order valence-corrected chi connectivity index (χ2v) is 6.64. The Balaban J connectivity index is 1.88. The van der Waals surface area contributed by atoms with Gasteiger partial charge in [-0.3, -0.25) is 4.98 Å². The van der Waals surface area contributed by atoms with E-state index in [4.69, 9.17) is 4.11 Å². The summed E-state index contributed by atoms with van der Waals surface area (Å²) >= 11 is 0. The lowest BCUT2D eigenvalue weighted by atomic mass is 10.1. The molecule has 0 N–H and O–H groups in total. The van der Waals surface area contributed by atoms with Gasteiger partial charge in [-0.25, -0.2) is 13.7 Å². The Labute approximate surface area is 154 Å². The molecule has 4 heteroatoms. The molecule has 4 heterocycles. The third-order valence-corrected chi connectivity index (χ3v) is 5.27. The lowest BCUT2D eigenvalue weighted by Gasteiger charge is -2.03. The van der Waals surface area contributed by atoms with Gasteiger partial charge >= 0.3 is 0 Å². The third kappa shape index (κ3) is 1.59. The molecule has 5 aromatic rings. The van der Waals surface area contributed by atoms with Gasteiger partial charge in [-0.1, -0.05) is 36.4 Å². The minimum atomic E-state index is -2.33. The summed E-state index contributed by atoms with van der Waals surface area (Å²) in [5.41, 5.74) is 5.54. The van der Waals surface area contributed by atoms with E-state index in [1.165, 1.54) is 4.57 Å². The van der Waals surface area contributed by atoms with Crippen molar-refractivity contribution >= 4 is 22.1 Å². The second-order valence-electron chi connectivity index (χ2n) is 6.64. The largest absolute Gasteiger partial charge is 0.274 e. The maximum Gasteiger partial charge on any atom is 0.274 e. The van der Waals surface area contributed by atoms with E-state index in [0.717, 1.165) is 39.1 Å². The molecule has 0 radical (unpaired) electrons. The van der Waals surface area contributed by atoms with Gasteiger partial charge in [-0.2, -0.15) is 0 Å². The van der Waals surface area contributed by atoms with Crippen LogP contribution in [0.1, 0.15) is 9.68 Å². The fourth-order valence-electron chi connectivity index (χ4n) is 4.21. The Bertz CT molecular complexity index is 1410. The first-order valence-electron chi connectivity index (χ1n) is 10.1. The number of aryl methyl sites for hydroxylation is 1. The number of hydrogen-bond acceptors (Lipinski definition) is 1. The van der Waals surface area contributed by atoms with Crippen molar-refractivity contribution in [3.8, 4) is 17.1 Å². The highest BCUT2D eigenvalue weighted by Gasteiger charge is 2.35. The SMILES string of the molecule is [2H]C([2H])([2H])[n+]1c2n(c3c4cnccc4n(-c4ccccc4)c31)Cc1ccccc1-2. The van der Waals surface area contributed by atoms with Crippen LogP contribution in [0.4, 0.5) is 0 Å². The third-order valence-electron chi connectivity index (χ3n) is 5.27. The summed E-state index contributed by atoms with van der Waals surface area (Å²) in [6, 6.07) is 19.9. The molecule has 0 aliphatic carbocycles. The second kappa shape index (κ2) is 4.82. The Morgan fingerprint density at radius 1 is 1.04 bits per heavy atom. The molecule has 0 spiro atoms. The van der Waals surface area contributed by atoms with E-state index >= 15 is 0 Å². The van der Waals surface area contributed by atoms with Crippen LogP contribution in [-0.2, 0) is 13.5 Å². The molecule has 0 fully saturated rings. The first-order valence-corrected chi connectivity index (χ1v) is 8.62. The van der Waals surface area contributed by atoms with E-state index in [2.05, 4.69) is 15.6 Å². The van der Waals surface area contributed by atoms with Gasteiger partial charge in [0.1, 0.15) is 11.2 Å². The maximum atomic E-state index is 8.37. The van der Waals surface area contributed by atoms with Crippen LogP contribution in [-0.4, -0.2) is 14.1 Å². The minimum Gasteiger partial charge on any atom is -0.264 e. The zero-order chi connectivity index (χ0) is 19.8. The van der Waals surface area contributed by atoms with Crippen LogP contribution in [0, 0.1) is 0 Å². The molecule has 4 nitrogen and oxygen atoms in total. The fraction of sp³-hybridized carbons (Fsp3) is 0.0909. The highest BCUT2D eigenvalue weighted by atomic mass is 15.2. The monoisotopic (exact) mass is 340 g/mol. The molecule has 0 unspecified atom stereocenters. The van der Waals surface area contributed by atoms with Gasteiger partial charge in [-0.05, 0) is 29.8 Å². The average Bonchev–Trinajstić information content (AvgIpc) is 3.34. The van der Waals surface area contributed by atoms with Gasteiger partial charge in [0.2, 0.25) is 5.82 Å². The molecule has 1 aliphatic heterocycles. The van der Waals surface area contributed by atoms with Crippen LogP contribution in [0.25, 0.3) is 39.1 Å². The Morgan fingerprint density at radius 2 is 1.88 bits per heavy atom. The molecule has 2 aromatic carbocycles. The number of rotatable bonds is 1. The summed E-state index contributed by atoms with van der Waals surface area (Å²) in [5, 5.41) is 0.948. The standard InChI is InChI=1S/C22H17N4/c1-24-21-17-10-6-5-7-15(17)14-25(21)20-18-13-23-12-11-19(18)26(22(20)24)16-8-3-2-4-9-16/h2-13H,14H2,1H3/q+1/i1D3. The van der Waals surface area contributed by atoms with Gasteiger partial charge in [0, 0.05) is 12.4 Å². The van der Waals surface area contributed by atoms with Crippen LogP contribution in [0.5, 0.6) is 0 Å². The van der Waals surface area contributed by atoms with Gasteiger partial charge < -0.3 is 0 Å². The number of hydrogen-bond donors (Lipinski definition) is 0. The fourth-order valence-corrected chi connectivity index (χ4v) is 4.21. The minimum absolute atomic E-state index is 0.647. The molecular weight excluding hydrogens is 320 g/mol. The molecule has 124 valence electrons. The molecule has 0 saturated carbocycles. The van der Waals surface area contributed by atoms with E-state index in [1.807, 2.05) is 65.4 Å². The lowest BCUT2D eigenvalue weighted by Crippen LogP contribution is -2.31. The van der Waals surface area contributed by atoms with Crippen molar-refractivity contribution in [2.45, 2.75) is 6.54 Å². The number of fused-ring (bicyclic) bond motifs is 7. The summed E-state index contributed by atoms with van der Waals surface area (Å²) in [6.07, 6.45) is 3.58. The average molecular weight is 340 g/mol. The zero-order valence-corrected chi connectivity index (χ0v) is 13.9. The molecule has 1 aliphatic rings. The van der Waals surface area contributed by atoms with E-state index < -0.39 is 6.98 Å². The highest BCUT2D eigenvalue weighted by Crippen LogP contribution is 2.38. The first-order chi connectivity index (χ1) is 14.1. The van der Waals surface area contributed by atoms with Crippen molar-refractivity contribution in [3.05, 3.63) is 78.6 Å². The van der Waals surface area contributed by atoms with Crippen molar-refractivity contribution < 1.29 is 8.68 Å². The Kier molecular flexibility index (Phi) is 2.09. The Morgan fingerprint density at radius 3 is 2.77 bits per heavy atom. The highest BCUT2D eigenvalue weighted by molar-refractivity contribution is 6.05. The zero-order valence-electron chi connectivity index (χ0n) is 16.9. The van der Waals surface area contributed by atoms with Crippen molar-refractivity contribution in [1.29, 1.82) is 0 Å². The van der Waals surface area contributed by atoms with Crippen LogP contribution < -0.4 is 4.57 Å². The number of benzene rings is 2.